The summed E-state index contributed by atoms with van der Waals surface area (Å²) in [5.41, 5.74) is 0. The van der Waals surface area contributed by atoms with Crippen molar-refractivity contribution in [3.05, 3.63) is 25.3 Å². The molecule has 0 rings (SSSR count). The van der Waals surface area contributed by atoms with Gasteiger partial charge < -0.3 is 14.6 Å². The van der Waals surface area contributed by atoms with E-state index in [9.17, 15) is 9.59 Å². The third-order valence-electron chi connectivity index (χ3n) is 1.02. The molecule has 15 heavy (non-hydrogen) atoms. The number of carboxylic acids is 1. The zero-order valence-corrected chi connectivity index (χ0v) is 8.77. The lowest BCUT2D eigenvalue weighted by atomic mass is 10.6. The second-order valence-electron chi connectivity index (χ2n) is 2.11. The van der Waals surface area contributed by atoms with Crippen molar-refractivity contribution >= 4 is 11.9 Å². The average Bonchev–Trinajstić information content (AvgIpc) is 2.24. The van der Waals surface area contributed by atoms with Crippen LogP contribution in [-0.2, 0) is 19.1 Å². The number of hydrogen-bond acceptors (Lipinski definition) is 4. The second-order valence-corrected chi connectivity index (χ2v) is 2.11. The minimum absolute atomic E-state index is 0.304. The van der Waals surface area contributed by atoms with Crippen LogP contribution in [-0.4, -0.2) is 36.9 Å². The fourth-order valence-corrected chi connectivity index (χ4v) is 0.404. The minimum Gasteiger partial charge on any atom is -0.478 e. The number of carboxylic acid groups (broad SMARTS) is 1. The predicted molar refractivity (Wildman–Crippen MR) is 55.5 cm³/mol. The molecular weight excluding hydrogens is 200 g/mol. The van der Waals surface area contributed by atoms with Crippen molar-refractivity contribution in [2.24, 2.45) is 0 Å². The lowest BCUT2D eigenvalue weighted by Crippen LogP contribution is -2.07. The fraction of sp³-hybridized carbons (Fsp3) is 0.400. The summed E-state index contributed by atoms with van der Waals surface area (Å²) in [7, 11) is 0. The molecule has 0 aliphatic carbocycles. The molecule has 0 radical (unpaired) electrons. The lowest BCUT2D eigenvalue weighted by Gasteiger charge is -2.00. The van der Waals surface area contributed by atoms with Crippen molar-refractivity contribution in [3.8, 4) is 0 Å². The Morgan fingerprint density at radius 3 is 2.13 bits per heavy atom. The zero-order valence-electron chi connectivity index (χ0n) is 8.77. The third kappa shape index (κ3) is 19.0. The molecule has 5 nitrogen and oxygen atoms in total. The van der Waals surface area contributed by atoms with Crippen molar-refractivity contribution in [2.45, 2.75) is 6.92 Å². The number of hydrogen-bond donors (Lipinski definition) is 1. The molecular formula is C10H16O5. The number of esters is 1. The molecule has 0 aromatic heterocycles. The molecule has 0 bridgehead atoms. The topological polar surface area (TPSA) is 72.8 Å². The van der Waals surface area contributed by atoms with E-state index in [0.29, 0.717) is 19.8 Å². The van der Waals surface area contributed by atoms with Crippen LogP contribution in [0.2, 0.25) is 0 Å². The summed E-state index contributed by atoms with van der Waals surface area (Å²) >= 11 is 0. The molecule has 0 aliphatic heterocycles. The first-order chi connectivity index (χ1) is 7.08. The van der Waals surface area contributed by atoms with E-state index in [2.05, 4.69) is 17.9 Å². The molecule has 0 saturated carbocycles. The van der Waals surface area contributed by atoms with E-state index in [4.69, 9.17) is 9.84 Å². The van der Waals surface area contributed by atoms with E-state index in [1.54, 1.807) is 0 Å². The maximum atomic E-state index is 10.4. The molecule has 0 fully saturated rings. The Hall–Kier alpha value is -1.62. The van der Waals surface area contributed by atoms with Crippen LogP contribution in [0.3, 0.4) is 0 Å². The van der Waals surface area contributed by atoms with E-state index in [-0.39, 0.29) is 0 Å². The lowest BCUT2D eigenvalue weighted by molar-refractivity contribution is -0.139. The first-order valence-corrected chi connectivity index (χ1v) is 4.30. The van der Waals surface area contributed by atoms with E-state index in [1.165, 1.54) is 0 Å². The highest BCUT2D eigenvalue weighted by Gasteiger charge is 1.92. The highest BCUT2D eigenvalue weighted by atomic mass is 16.6. The first-order valence-electron chi connectivity index (χ1n) is 4.30. The molecule has 0 amide bonds. The zero-order chi connectivity index (χ0) is 12.1. The van der Waals surface area contributed by atoms with Crippen molar-refractivity contribution < 1.29 is 24.2 Å². The third-order valence-corrected chi connectivity index (χ3v) is 1.02. The quantitative estimate of drug-likeness (QED) is 0.407. The molecule has 0 aliphatic rings. The number of aliphatic carboxylic acids is 1. The summed E-state index contributed by atoms with van der Waals surface area (Å²) in [5, 5.41) is 7.60. The van der Waals surface area contributed by atoms with Crippen LogP contribution >= 0.6 is 0 Å². The molecule has 0 unspecified atom stereocenters. The Morgan fingerprint density at radius 2 is 1.80 bits per heavy atom. The molecule has 0 aromatic carbocycles. The number of carbonyl (C=O) groups is 2. The minimum atomic E-state index is -0.981. The predicted octanol–water partition coefficient (Wildman–Crippen LogP) is 1.01. The van der Waals surface area contributed by atoms with Gasteiger partial charge in [0.25, 0.3) is 0 Å². The van der Waals surface area contributed by atoms with Gasteiger partial charge in [-0.25, -0.2) is 9.59 Å². The van der Waals surface area contributed by atoms with Gasteiger partial charge in [0.1, 0.15) is 6.61 Å². The summed E-state index contributed by atoms with van der Waals surface area (Å²) in [4.78, 5) is 19.6. The van der Waals surface area contributed by atoms with Gasteiger partial charge in [-0.1, -0.05) is 13.2 Å². The summed E-state index contributed by atoms with van der Waals surface area (Å²) in [6.45, 7) is 9.49. The van der Waals surface area contributed by atoms with E-state index in [1.807, 2.05) is 6.92 Å². The van der Waals surface area contributed by atoms with Crippen LogP contribution in [0.25, 0.3) is 0 Å². The largest absolute Gasteiger partial charge is 0.478 e. The average molecular weight is 216 g/mol. The summed E-state index contributed by atoms with van der Waals surface area (Å²) in [6, 6.07) is 0. The van der Waals surface area contributed by atoms with Gasteiger partial charge in [0.2, 0.25) is 0 Å². The van der Waals surface area contributed by atoms with Crippen LogP contribution in [0, 0.1) is 0 Å². The molecule has 0 saturated heterocycles. The normalized spacial score (nSPS) is 8.07. The van der Waals surface area contributed by atoms with Gasteiger partial charge >= 0.3 is 11.9 Å². The monoisotopic (exact) mass is 216 g/mol. The molecule has 86 valence electrons. The smallest absolute Gasteiger partial charge is 0.330 e. The summed E-state index contributed by atoms with van der Waals surface area (Å²) in [6.07, 6.45) is 1.96. The van der Waals surface area contributed by atoms with E-state index < -0.39 is 11.9 Å². The molecule has 0 aromatic rings. The molecule has 0 atom stereocenters. The molecule has 5 heteroatoms. The maximum absolute atomic E-state index is 10.4. The van der Waals surface area contributed by atoms with Crippen LogP contribution in [0.1, 0.15) is 6.92 Å². The van der Waals surface area contributed by atoms with Crippen molar-refractivity contribution in [1.29, 1.82) is 0 Å². The highest BCUT2D eigenvalue weighted by molar-refractivity contribution is 5.81. The van der Waals surface area contributed by atoms with Gasteiger partial charge in [-0.15, -0.1) is 0 Å². The SMILES string of the molecule is C=CC(=O)O.C=CC(=O)OCCOCC. The summed E-state index contributed by atoms with van der Waals surface area (Å²) in [5.74, 6) is -1.38. The van der Waals surface area contributed by atoms with Crippen LogP contribution in [0.5, 0.6) is 0 Å². The van der Waals surface area contributed by atoms with Crippen LogP contribution < -0.4 is 0 Å². The Morgan fingerprint density at radius 1 is 1.27 bits per heavy atom. The molecule has 0 spiro atoms. The van der Waals surface area contributed by atoms with Crippen molar-refractivity contribution in [2.75, 3.05) is 19.8 Å². The Labute approximate surface area is 89.0 Å². The van der Waals surface area contributed by atoms with Crippen molar-refractivity contribution in [1.82, 2.24) is 0 Å². The van der Waals surface area contributed by atoms with Gasteiger partial charge in [-0.2, -0.15) is 0 Å². The van der Waals surface area contributed by atoms with Gasteiger partial charge in [-0.05, 0) is 6.92 Å². The Bertz CT molecular complexity index is 210. The number of carbonyl (C=O) groups excluding carboxylic acids is 1. The Balaban J connectivity index is 0. The van der Waals surface area contributed by atoms with E-state index in [0.717, 1.165) is 12.2 Å². The van der Waals surface area contributed by atoms with Gasteiger partial charge in [0, 0.05) is 18.8 Å². The van der Waals surface area contributed by atoms with Gasteiger partial charge in [0.05, 0.1) is 6.61 Å². The van der Waals surface area contributed by atoms with Crippen LogP contribution in [0.15, 0.2) is 25.3 Å². The fourth-order valence-electron chi connectivity index (χ4n) is 0.404. The Kier molecular flexibility index (Phi) is 13.1. The van der Waals surface area contributed by atoms with Crippen LogP contribution in [0.4, 0.5) is 0 Å². The highest BCUT2D eigenvalue weighted by Crippen LogP contribution is 1.80. The molecule has 0 heterocycles. The first kappa shape index (κ1) is 15.8. The maximum Gasteiger partial charge on any atom is 0.330 e. The standard InChI is InChI=1S/C7H12O3.C3H4O2/c1-3-7(8)10-6-5-9-4-2;1-2-3(4)5/h3H,1,4-6H2,2H3;2H,1H2,(H,4,5). The van der Waals surface area contributed by atoms with Gasteiger partial charge in [0.15, 0.2) is 0 Å². The number of rotatable bonds is 6. The molecule has 1 N–H and O–H groups in total. The second kappa shape index (κ2) is 12.4. The van der Waals surface area contributed by atoms with E-state index >= 15 is 0 Å². The van der Waals surface area contributed by atoms with Crippen molar-refractivity contribution in [3.63, 3.8) is 0 Å². The van der Waals surface area contributed by atoms with Gasteiger partial charge in [-0.3, -0.25) is 0 Å². The summed E-state index contributed by atoms with van der Waals surface area (Å²) < 4.78 is 9.53. The number of ether oxygens (including phenoxy) is 2.